The Morgan fingerprint density at radius 2 is 2.04 bits per heavy atom. The first-order valence-corrected chi connectivity index (χ1v) is 9.48. The fourth-order valence-corrected chi connectivity index (χ4v) is 3.65. The molecule has 0 radical (unpaired) electrons. The number of thiophene rings is 1. The molecule has 0 bridgehead atoms. The highest BCUT2D eigenvalue weighted by atomic mass is 32.1. The minimum Gasteiger partial charge on any atom is -0.489 e. The number of hydrogen-bond donors (Lipinski definition) is 1. The van der Waals surface area contributed by atoms with E-state index >= 15 is 0 Å². The second-order valence-corrected chi connectivity index (χ2v) is 7.27. The largest absolute Gasteiger partial charge is 0.489 e. The van der Waals surface area contributed by atoms with Crippen molar-refractivity contribution in [3.63, 3.8) is 0 Å². The zero-order valence-electron chi connectivity index (χ0n) is 15.1. The summed E-state index contributed by atoms with van der Waals surface area (Å²) in [5, 5.41) is 4.84. The van der Waals surface area contributed by atoms with Crippen molar-refractivity contribution in [2.45, 2.75) is 13.5 Å². The minimum absolute atomic E-state index is 0.166. The van der Waals surface area contributed by atoms with Gasteiger partial charge in [0.2, 0.25) is 5.95 Å². The van der Waals surface area contributed by atoms with Gasteiger partial charge in [0.1, 0.15) is 12.4 Å². The van der Waals surface area contributed by atoms with Gasteiger partial charge in [-0.05, 0) is 48.2 Å². The number of carbonyl (C=O) groups excluding carboxylic acids is 1. The van der Waals surface area contributed by atoms with Crippen molar-refractivity contribution in [2.24, 2.45) is 7.05 Å². The summed E-state index contributed by atoms with van der Waals surface area (Å²) < 4.78 is 7.68. The lowest BCUT2D eigenvalue weighted by Gasteiger charge is -2.05. The molecule has 1 amide bonds. The van der Waals surface area contributed by atoms with Gasteiger partial charge in [-0.2, -0.15) is 0 Å². The number of aryl methyl sites for hydroxylation is 2. The van der Waals surface area contributed by atoms with Crippen molar-refractivity contribution < 1.29 is 9.53 Å². The molecule has 2 heterocycles. The number of anilines is 1. The van der Waals surface area contributed by atoms with Gasteiger partial charge in [0, 0.05) is 12.6 Å². The minimum atomic E-state index is -0.166. The zero-order valence-corrected chi connectivity index (χ0v) is 15.9. The van der Waals surface area contributed by atoms with E-state index in [2.05, 4.69) is 10.3 Å². The van der Waals surface area contributed by atoms with Gasteiger partial charge in [-0.3, -0.25) is 10.1 Å². The van der Waals surface area contributed by atoms with Crippen LogP contribution in [0.5, 0.6) is 5.75 Å². The molecule has 0 fully saturated rings. The summed E-state index contributed by atoms with van der Waals surface area (Å²) >= 11 is 1.40. The maximum absolute atomic E-state index is 12.6. The van der Waals surface area contributed by atoms with Crippen molar-refractivity contribution in [2.75, 3.05) is 5.32 Å². The fourth-order valence-electron chi connectivity index (χ4n) is 2.86. The molecule has 4 rings (SSSR count). The quantitative estimate of drug-likeness (QED) is 0.545. The third-order valence-corrected chi connectivity index (χ3v) is 5.26. The molecule has 0 aliphatic rings. The maximum atomic E-state index is 12.6. The average Bonchev–Trinajstić information content (AvgIpc) is 3.26. The summed E-state index contributed by atoms with van der Waals surface area (Å²) in [6, 6.07) is 17.6. The molecule has 2 aromatic carbocycles. The number of imidazole rings is 1. The summed E-state index contributed by atoms with van der Waals surface area (Å²) in [5.74, 6) is 1.19. The number of nitrogens with zero attached hydrogens (tertiary/aromatic N) is 2. The molecule has 136 valence electrons. The first-order valence-electron chi connectivity index (χ1n) is 8.60. The normalized spacial score (nSPS) is 10.9. The predicted molar refractivity (Wildman–Crippen MR) is 108 cm³/mol. The lowest BCUT2D eigenvalue weighted by molar-refractivity contribution is 0.102. The number of fused-ring (bicyclic) bond motifs is 1. The van der Waals surface area contributed by atoms with Crippen LogP contribution in [-0.4, -0.2) is 15.5 Å². The van der Waals surface area contributed by atoms with Crippen molar-refractivity contribution in [3.8, 4) is 5.75 Å². The number of nitrogens with one attached hydrogen (secondary N) is 1. The third kappa shape index (κ3) is 3.71. The Labute approximate surface area is 161 Å². The fraction of sp³-hybridized carbons (Fsp3) is 0.143. The van der Waals surface area contributed by atoms with Crippen molar-refractivity contribution in [3.05, 3.63) is 76.0 Å². The van der Waals surface area contributed by atoms with Crippen LogP contribution in [0.25, 0.3) is 11.0 Å². The highest BCUT2D eigenvalue weighted by Gasteiger charge is 2.14. The van der Waals surface area contributed by atoms with Crippen molar-refractivity contribution in [1.29, 1.82) is 0 Å². The average molecular weight is 377 g/mol. The Bertz CT molecular complexity index is 1110. The van der Waals surface area contributed by atoms with E-state index in [1.54, 1.807) is 0 Å². The van der Waals surface area contributed by atoms with Crippen molar-refractivity contribution >= 4 is 34.2 Å². The molecule has 0 atom stereocenters. The summed E-state index contributed by atoms with van der Waals surface area (Å²) in [7, 11) is 1.89. The number of carbonyl (C=O) groups is 1. The molecular weight excluding hydrogens is 358 g/mol. The van der Waals surface area contributed by atoms with E-state index in [1.165, 1.54) is 11.3 Å². The van der Waals surface area contributed by atoms with Gasteiger partial charge < -0.3 is 9.30 Å². The van der Waals surface area contributed by atoms with Gasteiger partial charge in [0.15, 0.2) is 0 Å². The third-order valence-electron chi connectivity index (χ3n) is 4.29. The van der Waals surface area contributed by atoms with Gasteiger partial charge in [0.05, 0.1) is 15.9 Å². The first-order chi connectivity index (χ1) is 13.1. The van der Waals surface area contributed by atoms with Crippen LogP contribution in [-0.2, 0) is 13.7 Å². The van der Waals surface area contributed by atoms with Crippen LogP contribution in [0.1, 0.15) is 20.8 Å². The predicted octanol–water partition coefficient (Wildman–Crippen LogP) is 4.77. The summed E-state index contributed by atoms with van der Waals surface area (Å²) in [6.07, 6.45) is 0. The lowest BCUT2D eigenvalue weighted by Crippen LogP contribution is -2.13. The summed E-state index contributed by atoms with van der Waals surface area (Å²) in [5.41, 5.74) is 3.96. The molecule has 27 heavy (non-hydrogen) atoms. The molecule has 2 aromatic heterocycles. The van der Waals surface area contributed by atoms with E-state index in [1.807, 2.05) is 78.5 Å². The second-order valence-electron chi connectivity index (χ2n) is 6.36. The molecular formula is C21H19N3O2S. The maximum Gasteiger partial charge on any atom is 0.268 e. The van der Waals surface area contributed by atoms with Gasteiger partial charge in [0.25, 0.3) is 5.91 Å². The zero-order chi connectivity index (χ0) is 18.8. The van der Waals surface area contributed by atoms with E-state index in [9.17, 15) is 4.79 Å². The molecule has 6 heteroatoms. The van der Waals surface area contributed by atoms with Crippen LogP contribution < -0.4 is 10.1 Å². The van der Waals surface area contributed by atoms with Crippen LogP contribution in [0.15, 0.2) is 60.0 Å². The molecule has 0 aliphatic heterocycles. The molecule has 4 aromatic rings. The SMILES string of the molecule is Cc1cccc(OCc2csc(C(=O)Nc3nc4ccccc4n3C)c2)c1. The van der Waals surface area contributed by atoms with Crippen LogP contribution >= 0.6 is 11.3 Å². The number of aromatic nitrogens is 2. The Hall–Kier alpha value is -3.12. The Morgan fingerprint density at radius 1 is 1.19 bits per heavy atom. The van der Waals surface area contributed by atoms with E-state index in [0.29, 0.717) is 17.4 Å². The number of benzene rings is 2. The number of rotatable bonds is 5. The molecule has 0 spiro atoms. The van der Waals surface area contributed by atoms with Crippen LogP contribution in [0.4, 0.5) is 5.95 Å². The first kappa shape index (κ1) is 17.3. The van der Waals surface area contributed by atoms with Crippen molar-refractivity contribution in [1.82, 2.24) is 9.55 Å². The monoisotopic (exact) mass is 377 g/mol. The van der Waals surface area contributed by atoms with Crippen LogP contribution in [0.2, 0.25) is 0 Å². The van der Waals surface area contributed by atoms with E-state index < -0.39 is 0 Å². The summed E-state index contributed by atoms with van der Waals surface area (Å²) in [4.78, 5) is 17.7. The number of amides is 1. The molecule has 5 nitrogen and oxygen atoms in total. The Morgan fingerprint density at radius 3 is 2.85 bits per heavy atom. The lowest BCUT2D eigenvalue weighted by atomic mass is 10.2. The second kappa shape index (κ2) is 7.25. The smallest absolute Gasteiger partial charge is 0.268 e. The molecule has 0 unspecified atom stereocenters. The van der Waals surface area contributed by atoms with Gasteiger partial charge in [-0.25, -0.2) is 4.98 Å². The van der Waals surface area contributed by atoms with E-state index in [0.717, 1.165) is 27.9 Å². The highest BCUT2D eigenvalue weighted by Crippen LogP contribution is 2.21. The molecule has 0 aliphatic carbocycles. The molecule has 0 saturated heterocycles. The topological polar surface area (TPSA) is 56.1 Å². The van der Waals surface area contributed by atoms with Gasteiger partial charge in [-0.1, -0.05) is 24.3 Å². The van der Waals surface area contributed by atoms with Gasteiger partial charge in [-0.15, -0.1) is 11.3 Å². The van der Waals surface area contributed by atoms with E-state index in [-0.39, 0.29) is 5.91 Å². The molecule has 0 saturated carbocycles. The standard InChI is InChI=1S/C21H19N3O2S/c1-14-6-5-7-16(10-14)26-12-15-11-19(27-13-15)20(25)23-21-22-17-8-3-4-9-18(17)24(21)2/h3-11,13H,12H2,1-2H3,(H,22,23,25). The van der Waals surface area contributed by atoms with E-state index in [4.69, 9.17) is 4.74 Å². The number of ether oxygens (including phenoxy) is 1. The van der Waals surface area contributed by atoms with Crippen LogP contribution in [0.3, 0.4) is 0 Å². The highest BCUT2D eigenvalue weighted by molar-refractivity contribution is 7.12. The number of hydrogen-bond acceptors (Lipinski definition) is 4. The van der Waals surface area contributed by atoms with Gasteiger partial charge >= 0.3 is 0 Å². The Balaban J connectivity index is 1.44. The van der Waals surface area contributed by atoms with Crippen LogP contribution in [0, 0.1) is 6.92 Å². The molecule has 1 N–H and O–H groups in total. The summed E-state index contributed by atoms with van der Waals surface area (Å²) in [6.45, 7) is 2.46. The number of para-hydroxylation sites is 2. The Kier molecular flexibility index (Phi) is 4.64.